The van der Waals surface area contributed by atoms with E-state index in [0.717, 1.165) is 38.6 Å². The predicted molar refractivity (Wildman–Crippen MR) is 166 cm³/mol. The van der Waals surface area contributed by atoms with Gasteiger partial charge in [-0.25, -0.2) is 0 Å². The molecule has 0 spiro atoms. The van der Waals surface area contributed by atoms with E-state index in [9.17, 15) is 18.0 Å². The second-order valence-electron chi connectivity index (χ2n) is 9.62. The van der Waals surface area contributed by atoms with E-state index in [1.54, 1.807) is 6.92 Å². The van der Waals surface area contributed by atoms with Crippen LogP contribution in [-0.4, -0.2) is 72.7 Å². The van der Waals surface area contributed by atoms with E-state index in [1.165, 1.54) is 18.4 Å². The molecule has 0 saturated carbocycles. The molecule has 41 heavy (non-hydrogen) atoms. The summed E-state index contributed by atoms with van der Waals surface area (Å²) in [4.78, 5) is 29.4. The molecule has 4 aromatic rings. The number of imidazole rings is 1. The number of nitrogens with two attached hydrogens (primary N) is 1. The van der Waals surface area contributed by atoms with Gasteiger partial charge >= 0.3 is 44.8 Å². The van der Waals surface area contributed by atoms with Gasteiger partial charge in [0.2, 0.25) is 5.88 Å². The number of amides is 1. The van der Waals surface area contributed by atoms with Crippen molar-refractivity contribution in [2.75, 3.05) is 18.0 Å². The molecule has 0 fully saturated rings. The number of thiophene rings is 1. The average Bonchev–Trinajstić information content (AvgIpc) is 3.50. The first-order chi connectivity index (χ1) is 19.1. The van der Waals surface area contributed by atoms with E-state index >= 15 is 0 Å². The summed E-state index contributed by atoms with van der Waals surface area (Å²) in [5, 5.41) is -0.927. The second kappa shape index (κ2) is 13.8. The van der Waals surface area contributed by atoms with Crippen molar-refractivity contribution in [3.05, 3.63) is 76.8 Å². The molecule has 12 heteroatoms. The standard InChI is InChI=1S/C29H32N4O5S2.Na.H/c1-5-33(40(36,37)29(30)35)28-24(16-23(39-28)15-19(2)3)21-13-11-20(12-14-21)17-32-25(18-34)27(38-4)31-26(32)22-9-7-6-8-10-22;;/h6-14,16,18-19H,5,15,17H2,1-4H3,(H2,30,35);;. The molecule has 0 aliphatic carbocycles. The van der Waals surface area contributed by atoms with Crippen LogP contribution in [0.5, 0.6) is 5.88 Å². The molecule has 2 aromatic heterocycles. The van der Waals surface area contributed by atoms with Gasteiger partial charge in [-0.05, 0) is 36.5 Å². The van der Waals surface area contributed by atoms with Crippen molar-refractivity contribution in [2.45, 2.75) is 33.7 Å². The number of ether oxygens (including phenoxy) is 1. The third-order valence-corrected chi connectivity index (χ3v) is 9.17. The van der Waals surface area contributed by atoms with Gasteiger partial charge in [-0.1, -0.05) is 68.4 Å². The third kappa shape index (κ3) is 6.92. The fourth-order valence-corrected chi connectivity index (χ4v) is 7.14. The molecule has 212 valence electrons. The van der Waals surface area contributed by atoms with E-state index in [1.807, 2.05) is 65.2 Å². The second-order valence-corrected chi connectivity index (χ2v) is 12.5. The van der Waals surface area contributed by atoms with Crippen LogP contribution in [0.25, 0.3) is 22.5 Å². The van der Waals surface area contributed by atoms with Gasteiger partial charge in [0, 0.05) is 29.1 Å². The van der Waals surface area contributed by atoms with Crippen LogP contribution in [0, 0.1) is 5.92 Å². The average molecular weight is 605 g/mol. The number of methoxy groups -OCH3 is 1. The summed E-state index contributed by atoms with van der Waals surface area (Å²) in [5.41, 5.74) is 8.83. The van der Waals surface area contributed by atoms with Gasteiger partial charge in [-0.3, -0.25) is 13.9 Å². The number of hydrogen-bond donors (Lipinski definition) is 1. The maximum atomic E-state index is 12.8. The molecule has 1 amide bonds. The summed E-state index contributed by atoms with van der Waals surface area (Å²) >= 11 is 1.35. The topological polar surface area (TPSA) is 125 Å². The molecule has 0 radical (unpaired) electrons. The fraction of sp³-hybridized carbons (Fsp3) is 0.276. The van der Waals surface area contributed by atoms with Crippen LogP contribution in [0.4, 0.5) is 9.80 Å². The molecule has 0 atom stereocenters. The van der Waals surface area contributed by atoms with Crippen molar-refractivity contribution in [3.8, 4) is 28.4 Å². The number of anilines is 1. The van der Waals surface area contributed by atoms with E-state index < -0.39 is 15.3 Å². The first-order valence-electron chi connectivity index (χ1n) is 12.8. The number of carbonyl (C=O) groups excluding carboxylic acids is 2. The summed E-state index contributed by atoms with van der Waals surface area (Å²) in [5.74, 6) is 1.22. The zero-order valence-corrected chi connectivity index (χ0v) is 24.5. The Balaban J connectivity index is 0.00000462. The van der Waals surface area contributed by atoms with Crippen molar-refractivity contribution in [3.63, 3.8) is 0 Å². The van der Waals surface area contributed by atoms with Crippen molar-refractivity contribution < 1.29 is 22.7 Å². The molecule has 0 saturated heterocycles. The first-order valence-corrected chi connectivity index (χ1v) is 15.1. The molecule has 0 aliphatic heterocycles. The molecular formula is C29H33N4NaO5S2. The summed E-state index contributed by atoms with van der Waals surface area (Å²) < 4.78 is 33.8. The third-order valence-electron chi connectivity index (χ3n) is 6.35. The Morgan fingerprint density at radius 3 is 2.32 bits per heavy atom. The quantitative estimate of drug-likeness (QED) is 0.191. The Morgan fingerprint density at radius 2 is 1.78 bits per heavy atom. The Bertz CT molecular complexity index is 1610. The van der Waals surface area contributed by atoms with Crippen molar-refractivity contribution in [1.82, 2.24) is 9.55 Å². The number of aldehydes is 1. The predicted octanol–water partition coefficient (Wildman–Crippen LogP) is 4.93. The number of aromatic nitrogens is 2. The van der Waals surface area contributed by atoms with Gasteiger partial charge < -0.3 is 15.0 Å². The van der Waals surface area contributed by atoms with Crippen LogP contribution in [0.2, 0.25) is 0 Å². The number of carbonyl (C=O) groups is 2. The summed E-state index contributed by atoms with van der Waals surface area (Å²) in [7, 11) is -2.87. The Hall–Kier alpha value is -2.96. The monoisotopic (exact) mass is 604 g/mol. The number of primary amides is 1. The molecule has 2 aromatic carbocycles. The molecule has 2 N–H and O–H groups in total. The molecule has 9 nitrogen and oxygen atoms in total. The number of hydrogen-bond acceptors (Lipinski definition) is 7. The van der Waals surface area contributed by atoms with Gasteiger partial charge in [0.05, 0.1) is 7.11 Å². The zero-order chi connectivity index (χ0) is 29.0. The van der Waals surface area contributed by atoms with Crippen LogP contribution in [0.3, 0.4) is 0 Å². The normalized spacial score (nSPS) is 11.2. The number of rotatable bonds is 11. The molecule has 2 heterocycles. The van der Waals surface area contributed by atoms with E-state index in [-0.39, 0.29) is 42.0 Å². The van der Waals surface area contributed by atoms with Gasteiger partial charge in [-0.2, -0.15) is 13.4 Å². The van der Waals surface area contributed by atoms with Crippen molar-refractivity contribution in [2.24, 2.45) is 11.7 Å². The minimum atomic E-state index is -4.35. The summed E-state index contributed by atoms with van der Waals surface area (Å²) in [6.07, 6.45) is 1.50. The van der Waals surface area contributed by atoms with Gasteiger partial charge in [0.15, 0.2) is 6.29 Å². The van der Waals surface area contributed by atoms with E-state index in [2.05, 4.69) is 18.8 Å². The van der Waals surface area contributed by atoms with E-state index in [4.69, 9.17) is 10.5 Å². The Kier molecular flexibility index (Phi) is 11.0. The van der Waals surface area contributed by atoms with Gasteiger partial charge in [-0.15, -0.1) is 11.3 Å². The number of sulfonamides is 1. The Labute approximate surface area is 266 Å². The van der Waals surface area contributed by atoms with Gasteiger partial charge in [0.25, 0.3) is 0 Å². The van der Waals surface area contributed by atoms with Crippen LogP contribution >= 0.6 is 11.3 Å². The van der Waals surface area contributed by atoms with E-state index in [0.29, 0.717) is 34.5 Å². The van der Waals surface area contributed by atoms with Crippen LogP contribution in [0.15, 0.2) is 60.7 Å². The fourth-order valence-electron chi connectivity index (χ4n) is 4.51. The van der Waals surface area contributed by atoms with Crippen LogP contribution in [-0.2, 0) is 23.0 Å². The first kappa shape index (κ1) is 32.6. The molecule has 0 unspecified atom stereocenters. The summed E-state index contributed by atoms with van der Waals surface area (Å²) in [6, 6.07) is 19.2. The Morgan fingerprint density at radius 1 is 1.12 bits per heavy atom. The minimum absolute atomic E-state index is 0. The molecule has 0 aliphatic rings. The van der Waals surface area contributed by atoms with Crippen molar-refractivity contribution >= 4 is 67.4 Å². The van der Waals surface area contributed by atoms with Crippen LogP contribution in [0.1, 0.15) is 41.7 Å². The van der Waals surface area contributed by atoms with Gasteiger partial charge in [0.1, 0.15) is 16.5 Å². The molecular weight excluding hydrogens is 571 g/mol. The number of nitrogens with zero attached hydrogens (tertiary/aromatic N) is 3. The number of benzene rings is 2. The zero-order valence-electron chi connectivity index (χ0n) is 22.8. The maximum absolute atomic E-state index is 12.8. The van der Waals surface area contributed by atoms with Crippen molar-refractivity contribution in [1.29, 1.82) is 0 Å². The molecule has 4 rings (SSSR count). The van der Waals surface area contributed by atoms with Crippen LogP contribution < -0.4 is 14.8 Å². The summed E-state index contributed by atoms with van der Waals surface area (Å²) in [6.45, 7) is 6.28. The molecule has 0 bridgehead atoms. The SMILES string of the molecule is CCN(c1sc(CC(C)C)cc1-c1ccc(Cn2c(-c3ccccc3)nc(OC)c2C=O)cc1)S(=O)(=O)C(N)=O.[NaH].